The maximum absolute atomic E-state index is 11.8. The number of ether oxygens (including phenoxy) is 1. The van der Waals surface area contributed by atoms with Crippen LogP contribution in [-0.4, -0.2) is 50.2 Å². The largest absolute Gasteiger partial charge is 0.381 e. The SMILES string of the molecule is CC(C)NCCC(=O)N(C)CC1CCCOC1. The monoisotopic (exact) mass is 242 g/mol. The zero-order valence-corrected chi connectivity index (χ0v) is 11.4. The van der Waals surface area contributed by atoms with Crippen LogP contribution in [0.4, 0.5) is 0 Å². The summed E-state index contributed by atoms with van der Waals surface area (Å²) in [6.45, 7) is 7.47. The molecule has 0 spiro atoms. The van der Waals surface area contributed by atoms with E-state index < -0.39 is 0 Å². The zero-order valence-electron chi connectivity index (χ0n) is 11.4. The van der Waals surface area contributed by atoms with Crippen LogP contribution in [0, 0.1) is 5.92 Å². The van der Waals surface area contributed by atoms with Crippen molar-refractivity contribution < 1.29 is 9.53 Å². The molecule has 1 saturated heterocycles. The zero-order chi connectivity index (χ0) is 12.7. The average Bonchev–Trinajstić information content (AvgIpc) is 2.29. The summed E-state index contributed by atoms with van der Waals surface area (Å²) in [6.07, 6.45) is 2.89. The summed E-state index contributed by atoms with van der Waals surface area (Å²) >= 11 is 0. The Hall–Kier alpha value is -0.610. The van der Waals surface area contributed by atoms with Crippen molar-refractivity contribution in [3.8, 4) is 0 Å². The summed E-state index contributed by atoms with van der Waals surface area (Å²) in [5.74, 6) is 0.750. The molecule has 1 amide bonds. The molecule has 1 aliphatic heterocycles. The van der Waals surface area contributed by atoms with Gasteiger partial charge in [0.1, 0.15) is 0 Å². The summed E-state index contributed by atoms with van der Waals surface area (Å²) in [5.41, 5.74) is 0. The van der Waals surface area contributed by atoms with Gasteiger partial charge in [-0.3, -0.25) is 4.79 Å². The molecule has 4 heteroatoms. The van der Waals surface area contributed by atoms with Crippen LogP contribution in [0.1, 0.15) is 33.1 Å². The quantitative estimate of drug-likeness (QED) is 0.762. The molecule has 1 heterocycles. The van der Waals surface area contributed by atoms with Gasteiger partial charge in [-0.15, -0.1) is 0 Å². The van der Waals surface area contributed by atoms with Gasteiger partial charge in [0, 0.05) is 39.2 Å². The van der Waals surface area contributed by atoms with E-state index in [1.54, 1.807) is 0 Å². The summed E-state index contributed by atoms with van der Waals surface area (Å²) in [7, 11) is 1.90. The third-order valence-electron chi connectivity index (χ3n) is 3.10. The molecule has 0 saturated carbocycles. The lowest BCUT2D eigenvalue weighted by Gasteiger charge is -2.27. The lowest BCUT2D eigenvalue weighted by molar-refractivity contribution is -0.130. The van der Waals surface area contributed by atoms with Gasteiger partial charge in [0.15, 0.2) is 0 Å². The van der Waals surface area contributed by atoms with E-state index in [1.807, 2.05) is 11.9 Å². The molecular formula is C13H26N2O2. The first-order valence-electron chi connectivity index (χ1n) is 6.64. The Morgan fingerprint density at radius 3 is 2.88 bits per heavy atom. The van der Waals surface area contributed by atoms with E-state index >= 15 is 0 Å². The fourth-order valence-corrected chi connectivity index (χ4v) is 2.10. The third kappa shape index (κ3) is 6.03. The van der Waals surface area contributed by atoms with Crippen molar-refractivity contribution in [3.63, 3.8) is 0 Å². The molecule has 1 N–H and O–H groups in total. The van der Waals surface area contributed by atoms with Gasteiger partial charge in [0.05, 0.1) is 6.61 Å². The maximum atomic E-state index is 11.8. The fraction of sp³-hybridized carbons (Fsp3) is 0.923. The van der Waals surface area contributed by atoms with Gasteiger partial charge in [-0.1, -0.05) is 13.8 Å². The summed E-state index contributed by atoms with van der Waals surface area (Å²) in [4.78, 5) is 13.7. The lowest BCUT2D eigenvalue weighted by Crippen LogP contribution is -2.37. The molecular weight excluding hydrogens is 216 g/mol. The van der Waals surface area contributed by atoms with E-state index in [0.29, 0.717) is 18.4 Å². The molecule has 0 bridgehead atoms. The summed E-state index contributed by atoms with van der Waals surface area (Å²) in [6, 6.07) is 0.444. The smallest absolute Gasteiger partial charge is 0.223 e. The van der Waals surface area contributed by atoms with E-state index in [-0.39, 0.29) is 5.91 Å². The number of nitrogens with one attached hydrogen (secondary N) is 1. The van der Waals surface area contributed by atoms with Gasteiger partial charge in [0.25, 0.3) is 0 Å². The van der Waals surface area contributed by atoms with E-state index in [4.69, 9.17) is 4.74 Å². The highest BCUT2D eigenvalue weighted by atomic mass is 16.5. The number of nitrogens with zero attached hydrogens (tertiary/aromatic N) is 1. The first-order chi connectivity index (χ1) is 8.09. The van der Waals surface area contributed by atoms with Gasteiger partial charge in [-0.25, -0.2) is 0 Å². The molecule has 1 atom stereocenters. The van der Waals surface area contributed by atoms with Crippen molar-refractivity contribution in [1.29, 1.82) is 0 Å². The topological polar surface area (TPSA) is 41.6 Å². The fourth-order valence-electron chi connectivity index (χ4n) is 2.10. The highest BCUT2D eigenvalue weighted by Gasteiger charge is 2.18. The molecule has 4 nitrogen and oxygen atoms in total. The van der Waals surface area contributed by atoms with Crippen LogP contribution in [0.3, 0.4) is 0 Å². The van der Waals surface area contributed by atoms with Crippen LogP contribution < -0.4 is 5.32 Å². The average molecular weight is 242 g/mol. The van der Waals surface area contributed by atoms with Gasteiger partial charge < -0.3 is 15.0 Å². The van der Waals surface area contributed by atoms with Gasteiger partial charge in [-0.05, 0) is 18.8 Å². The molecule has 1 unspecified atom stereocenters. The Kier molecular flexibility index (Phi) is 6.52. The highest BCUT2D eigenvalue weighted by molar-refractivity contribution is 5.76. The number of hydrogen-bond acceptors (Lipinski definition) is 3. The first-order valence-corrected chi connectivity index (χ1v) is 6.64. The number of rotatable bonds is 6. The predicted octanol–water partition coefficient (Wildman–Crippen LogP) is 1.26. The van der Waals surface area contributed by atoms with Gasteiger partial charge in [-0.2, -0.15) is 0 Å². The second-order valence-electron chi connectivity index (χ2n) is 5.22. The van der Waals surface area contributed by atoms with Gasteiger partial charge in [0.2, 0.25) is 5.91 Å². The van der Waals surface area contributed by atoms with Crippen LogP contribution >= 0.6 is 0 Å². The minimum atomic E-state index is 0.226. The Bertz CT molecular complexity index is 225. The normalized spacial score (nSPS) is 20.6. The van der Waals surface area contributed by atoms with Crippen molar-refractivity contribution in [2.24, 2.45) is 5.92 Å². The predicted molar refractivity (Wildman–Crippen MR) is 68.9 cm³/mol. The molecule has 100 valence electrons. The van der Waals surface area contributed by atoms with Crippen molar-refractivity contribution in [1.82, 2.24) is 10.2 Å². The third-order valence-corrected chi connectivity index (χ3v) is 3.10. The molecule has 0 aromatic heterocycles. The van der Waals surface area contributed by atoms with Gasteiger partial charge >= 0.3 is 0 Å². The van der Waals surface area contributed by atoms with Crippen molar-refractivity contribution >= 4 is 5.91 Å². The number of carbonyl (C=O) groups is 1. The second-order valence-corrected chi connectivity index (χ2v) is 5.22. The van der Waals surface area contributed by atoms with Crippen LogP contribution in [0.5, 0.6) is 0 Å². The standard InChI is InChI=1S/C13H26N2O2/c1-11(2)14-7-6-13(16)15(3)9-12-5-4-8-17-10-12/h11-12,14H,4-10H2,1-3H3. The van der Waals surface area contributed by atoms with Crippen LogP contribution in [-0.2, 0) is 9.53 Å². The van der Waals surface area contributed by atoms with Crippen molar-refractivity contribution in [3.05, 3.63) is 0 Å². The number of amides is 1. The number of hydrogen-bond donors (Lipinski definition) is 1. The minimum Gasteiger partial charge on any atom is -0.381 e. The van der Waals surface area contributed by atoms with E-state index in [1.165, 1.54) is 6.42 Å². The van der Waals surface area contributed by atoms with E-state index in [0.717, 1.165) is 32.7 Å². The Morgan fingerprint density at radius 2 is 2.29 bits per heavy atom. The molecule has 17 heavy (non-hydrogen) atoms. The lowest BCUT2D eigenvalue weighted by atomic mass is 10.0. The maximum Gasteiger partial charge on any atom is 0.223 e. The highest BCUT2D eigenvalue weighted by Crippen LogP contribution is 2.14. The van der Waals surface area contributed by atoms with Crippen LogP contribution in [0.15, 0.2) is 0 Å². The molecule has 0 radical (unpaired) electrons. The molecule has 1 fully saturated rings. The Balaban J connectivity index is 2.16. The van der Waals surface area contributed by atoms with Crippen LogP contribution in [0.25, 0.3) is 0 Å². The van der Waals surface area contributed by atoms with Crippen molar-refractivity contribution in [2.45, 2.75) is 39.2 Å². The van der Waals surface area contributed by atoms with Crippen LogP contribution in [0.2, 0.25) is 0 Å². The molecule has 0 aromatic carbocycles. The first kappa shape index (κ1) is 14.5. The molecule has 0 aliphatic carbocycles. The summed E-state index contributed by atoms with van der Waals surface area (Å²) in [5, 5.41) is 3.26. The molecule has 1 aliphatic rings. The van der Waals surface area contributed by atoms with Crippen molar-refractivity contribution in [2.75, 3.05) is 33.4 Å². The summed E-state index contributed by atoms with van der Waals surface area (Å²) < 4.78 is 5.42. The molecule has 1 rings (SSSR count). The van der Waals surface area contributed by atoms with E-state index in [9.17, 15) is 4.79 Å². The Morgan fingerprint density at radius 1 is 1.53 bits per heavy atom. The second kappa shape index (κ2) is 7.67. The minimum absolute atomic E-state index is 0.226. The number of carbonyl (C=O) groups excluding carboxylic acids is 1. The Labute approximate surface area is 105 Å². The molecule has 0 aromatic rings. The van der Waals surface area contributed by atoms with E-state index in [2.05, 4.69) is 19.2 Å².